The van der Waals surface area contributed by atoms with Crippen molar-refractivity contribution >= 4 is 15.9 Å². The van der Waals surface area contributed by atoms with Crippen molar-refractivity contribution in [2.45, 2.75) is 166 Å². The SMILES string of the molecule is CCCCCCCCCCCCCCCCCCCCCCCCCC(=O)c1ccccc1S(=O)(=O)O. The lowest BCUT2D eigenvalue weighted by Gasteiger charge is -2.06. The van der Waals surface area contributed by atoms with E-state index in [4.69, 9.17) is 0 Å². The largest absolute Gasteiger partial charge is 0.295 e. The quantitative estimate of drug-likeness (QED) is 0.0726. The van der Waals surface area contributed by atoms with Gasteiger partial charge in [-0.25, -0.2) is 0 Å². The fraction of sp³-hybridized carbons (Fsp3) is 0.781. The molecule has 0 saturated carbocycles. The number of benzene rings is 1. The minimum atomic E-state index is -4.37. The highest BCUT2D eigenvalue weighted by atomic mass is 32.2. The van der Waals surface area contributed by atoms with Crippen molar-refractivity contribution in [1.82, 2.24) is 0 Å². The number of Topliss-reactive ketones (excluding diaryl/α,β-unsaturated/α-hetero) is 1. The molecule has 4 nitrogen and oxygen atoms in total. The summed E-state index contributed by atoms with van der Waals surface area (Å²) in [6, 6.07) is 5.90. The van der Waals surface area contributed by atoms with E-state index >= 15 is 0 Å². The molecule has 1 aromatic rings. The number of carbonyl (C=O) groups excluding carboxylic acids is 1. The fourth-order valence-electron chi connectivity index (χ4n) is 5.13. The molecule has 0 aromatic heterocycles. The van der Waals surface area contributed by atoms with Crippen LogP contribution in [0.25, 0.3) is 0 Å². The first kappa shape index (κ1) is 33.8. The molecule has 1 rings (SSSR count). The number of ketones is 1. The molecule has 0 amide bonds. The Morgan fingerprint density at radius 1 is 0.568 bits per heavy atom. The minimum Gasteiger partial charge on any atom is -0.294 e. The molecule has 37 heavy (non-hydrogen) atoms. The first-order valence-corrected chi connectivity index (χ1v) is 17.0. The Balaban J connectivity index is 1.83. The summed E-state index contributed by atoms with van der Waals surface area (Å²) in [7, 11) is -4.37. The third kappa shape index (κ3) is 18.7. The third-order valence-corrected chi connectivity index (χ3v) is 8.38. The molecular formula is C32H56O4S. The molecule has 5 heteroatoms. The molecule has 0 unspecified atom stereocenters. The molecular weight excluding hydrogens is 480 g/mol. The predicted octanol–water partition coefficient (Wildman–Crippen LogP) is 10.5. The molecule has 0 radical (unpaired) electrons. The lowest BCUT2D eigenvalue weighted by Crippen LogP contribution is -2.08. The summed E-state index contributed by atoms with van der Waals surface area (Å²) in [5, 5.41) is 0. The van der Waals surface area contributed by atoms with Gasteiger partial charge < -0.3 is 0 Å². The maximum absolute atomic E-state index is 12.4. The zero-order valence-electron chi connectivity index (χ0n) is 23.9. The van der Waals surface area contributed by atoms with Gasteiger partial charge in [0.2, 0.25) is 0 Å². The second-order valence-electron chi connectivity index (χ2n) is 10.9. The van der Waals surface area contributed by atoms with E-state index in [1.165, 1.54) is 147 Å². The lowest BCUT2D eigenvalue weighted by atomic mass is 10.0. The molecule has 0 atom stereocenters. The average Bonchev–Trinajstić information content (AvgIpc) is 2.88. The van der Waals surface area contributed by atoms with E-state index in [1.54, 1.807) is 6.07 Å². The Kier molecular flexibility index (Phi) is 20.8. The second-order valence-corrected chi connectivity index (χ2v) is 12.3. The van der Waals surface area contributed by atoms with E-state index in [2.05, 4.69) is 6.92 Å². The predicted molar refractivity (Wildman–Crippen MR) is 157 cm³/mol. The van der Waals surface area contributed by atoms with E-state index < -0.39 is 10.1 Å². The fourth-order valence-corrected chi connectivity index (χ4v) is 5.84. The number of unbranched alkanes of at least 4 members (excludes halogenated alkanes) is 22. The smallest absolute Gasteiger partial charge is 0.294 e. The zero-order valence-corrected chi connectivity index (χ0v) is 24.7. The molecule has 0 aliphatic carbocycles. The van der Waals surface area contributed by atoms with Gasteiger partial charge >= 0.3 is 0 Å². The van der Waals surface area contributed by atoms with Crippen molar-refractivity contribution in [3.63, 3.8) is 0 Å². The van der Waals surface area contributed by atoms with Crippen molar-refractivity contribution in [2.24, 2.45) is 0 Å². The summed E-state index contributed by atoms with van der Waals surface area (Å²) in [6.45, 7) is 2.28. The van der Waals surface area contributed by atoms with Gasteiger partial charge in [0.1, 0.15) is 4.90 Å². The highest BCUT2D eigenvalue weighted by molar-refractivity contribution is 7.86. The van der Waals surface area contributed by atoms with Gasteiger partial charge in [0.05, 0.1) is 0 Å². The third-order valence-electron chi connectivity index (χ3n) is 7.47. The van der Waals surface area contributed by atoms with E-state index in [0.29, 0.717) is 6.42 Å². The molecule has 0 saturated heterocycles. The van der Waals surface area contributed by atoms with Crippen molar-refractivity contribution in [3.05, 3.63) is 29.8 Å². The Morgan fingerprint density at radius 2 is 0.892 bits per heavy atom. The number of carbonyl (C=O) groups is 1. The molecule has 0 bridgehead atoms. The monoisotopic (exact) mass is 536 g/mol. The summed E-state index contributed by atoms with van der Waals surface area (Å²) >= 11 is 0. The van der Waals surface area contributed by atoms with Crippen LogP contribution in [0.5, 0.6) is 0 Å². The lowest BCUT2D eigenvalue weighted by molar-refractivity contribution is 0.0975. The van der Waals surface area contributed by atoms with Gasteiger partial charge in [0.25, 0.3) is 10.1 Å². The van der Waals surface area contributed by atoms with Crippen LogP contribution in [0.15, 0.2) is 29.2 Å². The van der Waals surface area contributed by atoms with Gasteiger partial charge in [0, 0.05) is 12.0 Å². The average molecular weight is 537 g/mol. The van der Waals surface area contributed by atoms with E-state index in [9.17, 15) is 17.8 Å². The number of hydrogen-bond donors (Lipinski definition) is 1. The van der Waals surface area contributed by atoms with Crippen molar-refractivity contribution < 1.29 is 17.8 Å². The number of rotatable bonds is 26. The van der Waals surface area contributed by atoms with Crippen molar-refractivity contribution in [3.8, 4) is 0 Å². The van der Waals surface area contributed by atoms with Crippen LogP contribution < -0.4 is 0 Å². The summed E-state index contributed by atoms with van der Waals surface area (Å²) in [5.74, 6) is -0.211. The summed E-state index contributed by atoms with van der Waals surface area (Å²) in [5.41, 5.74) is 0.101. The van der Waals surface area contributed by atoms with Crippen LogP contribution in [-0.2, 0) is 10.1 Å². The maximum Gasteiger partial charge on any atom is 0.295 e. The minimum absolute atomic E-state index is 0.101. The van der Waals surface area contributed by atoms with E-state index in [-0.39, 0.29) is 16.2 Å². The number of hydrogen-bond acceptors (Lipinski definition) is 3. The summed E-state index contributed by atoms with van der Waals surface area (Å²) in [6.07, 6.45) is 31.0. The molecule has 0 aliphatic heterocycles. The summed E-state index contributed by atoms with van der Waals surface area (Å²) in [4.78, 5) is 12.1. The Morgan fingerprint density at radius 3 is 1.24 bits per heavy atom. The van der Waals surface area contributed by atoms with Crippen LogP contribution in [0.1, 0.15) is 171 Å². The van der Waals surface area contributed by atoms with Crippen LogP contribution in [-0.4, -0.2) is 18.8 Å². The molecule has 0 heterocycles. The van der Waals surface area contributed by atoms with Crippen molar-refractivity contribution in [1.29, 1.82) is 0 Å². The molecule has 1 N–H and O–H groups in total. The van der Waals surface area contributed by atoms with Gasteiger partial charge in [-0.05, 0) is 12.5 Å². The molecule has 0 aliphatic rings. The van der Waals surface area contributed by atoms with Crippen LogP contribution in [0.4, 0.5) is 0 Å². The highest BCUT2D eigenvalue weighted by Crippen LogP contribution is 2.19. The normalized spacial score (nSPS) is 11.7. The van der Waals surface area contributed by atoms with Crippen LogP contribution in [0.3, 0.4) is 0 Å². The van der Waals surface area contributed by atoms with Crippen LogP contribution in [0, 0.1) is 0 Å². The molecule has 214 valence electrons. The Hall–Kier alpha value is -1.20. The molecule has 1 aromatic carbocycles. The van der Waals surface area contributed by atoms with E-state index in [1.807, 2.05) is 0 Å². The topological polar surface area (TPSA) is 71.4 Å². The van der Waals surface area contributed by atoms with Gasteiger partial charge in [-0.2, -0.15) is 8.42 Å². The molecule has 0 fully saturated rings. The highest BCUT2D eigenvalue weighted by Gasteiger charge is 2.19. The zero-order chi connectivity index (χ0) is 27.0. The maximum atomic E-state index is 12.4. The Bertz CT molecular complexity index is 788. The first-order chi connectivity index (χ1) is 18.0. The Labute approximate surface area is 229 Å². The standard InChI is InChI=1S/C32H56O4S/c1-2-3-4-5-6-7-8-9-10-11-12-13-14-15-16-17-18-19-20-21-22-23-24-28-31(33)30-27-25-26-29-32(30)37(34,35)36/h25-27,29H,2-24,28H2,1H3,(H,34,35,36). The van der Waals surface area contributed by atoms with Gasteiger partial charge in [-0.1, -0.05) is 166 Å². The van der Waals surface area contributed by atoms with Gasteiger partial charge in [-0.3, -0.25) is 9.35 Å². The molecule has 0 spiro atoms. The van der Waals surface area contributed by atoms with Gasteiger partial charge in [-0.15, -0.1) is 0 Å². The van der Waals surface area contributed by atoms with Crippen LogP contribution in [0.2, 0.25) is 0 Å². The van der Waals surface area contributed by atoms with Crippen molar-refractivity contribution in [2.75, 3.05) is 0 Å². The van der Waals surface area contributed by atoms with Gasteiger partial charge in [0.15, 0.2) is 5.78 Å². The second kappa shape index (κ2) is 22.8. The van der Waals surface area contributed by atoms with E-state index in [0.717, 1.165) is 19.3 Å². The first-order valence-electron chi connectivity index (χ1n) is 15.6. The van der Waals surface area contributed by atoms with Crippen LogP contribution >= 0.6 is 0 Å². The summed E-state index contributed by atoms with van der Waals surface area (Å²) < 4.78 is 32.2.